The fourth-order valence-electron chi connectivity index (χ4n) is 3.45. The summed E-state index contributed by atoms with van der Waals surface area (Å²) in [7, 11) is 0. The van der Waals surface area contributed by atoms with Crippen molar-refractivity contribution in [2.75, 3.05) is 11.9 Å². The largest absolute Gasteiger partial charge is 0.302 e. The lowest BCUT2D eigenvalue weighted by Gasteiger charge is -2.13. The summed E-state index contributed by atoms with van der Waals surface area (Å²) in [5, 5.41) is 3.46. The summed E-state index contributed by atoms with van der Waals surface area (Å²) in [6.07, 6.45) is 8.99. The standard InChI is InChI=1S/C27H25N3O2S3/c1-19-12-14-21(15-13-19)17-22-18-28-26(34-22)29-24(31)11-6-16-30-25(32)23(35-27(30)33)10-5-9-20-7-3-2-4-8-20/h2-5,7-10,12-15,18H,6,11,16-17H2,1H3,(H,28,29,31)/b9-5+,23-10-. The molecule has 5 nitrogen and oxygen atoms in total. The highest BCUT2D eigenvalue weighted by molar-refractivity contribution is 8.26. The van der Waals surface area contributed by atoms with Gasteiger partial charge in [-0.2, -0.15) is 0 Å². The number of allylic oxidation sites excluding steroid dienone is 2. The first-order chi connectivity index (χ1) is 17.0. The SMILES string of the molecule is Cc1ccc(Cc2cnc(NC(=O)CCCN3C(=O)/C(=C/C=C/c4ccccc4)SC3=S)s2)cc1. The van der Waals surface area contributed by atoms with Crippen LogP contribution in [0.25, 0.3) is 6.08 Å². The summed E-state index contributed by atoms with van der Waals surface area (Å²) < 4.78 is 0.524. The molecule has 0 aliphatic carbocycles. The van der Waals surface area contributed by atoms with Crippen molar-refractivity contribution in [1.82, 2.24) is 9.88 Å². The first kappa shape index (κ1) is 25.0. The molecule has 0 atom stereocenters. The van der Waals surface area contributed by atoms with Gasteiger partial charge in [-0.05, 0) is 30.5 Å². The van der Waals surface area contributed by atoms with Crippen molar-refractivity contribution in [3.8, 4) is 0 Å². The molecule has 0 radical (unpaired) electrons. The Bertz CT molecular complexity index is 1260. The number of aromatic nitrogens is 1. The Morgan fingerprint density at radius 3 is 2.69 bits per heavy atom. The number of rotatable bonds is 9. The number of nitrogens with one attached hydrogen (secondary N) is 1. The molecular weight excluding hydrogens is 495 g/mol. The van der Waals surface area contributed by atoms with Crippen molar-refractivity contribution in [3.63, 3.8) is 0 Å². The molecule has 1 aliphatic heterocycles. The smallest absolute Gasteiger partial charge is 0.266 e. The highest BCUT2D eigenvalue weighted by atomic mass is 32.2. The minimum Gasteiger partial charge on any atom is -0.302 e. The number of aryl methyl sites for hydroxylation is 1. The highest BCUT2D eigenvalue weighted by Crippen LogP contribution is 2.31. The van der Waals surface area contributed by atoms with E-state index in [0.717, 1.165) is 16.9 Å². The van der Waals surface area contributed by atoms with Crippen LogP contribution >= 0.6 is 35.3 Å². The molecule has 2 aromatic carbocycles. The van der Waals surface area contributed by atoms with Crippen molar-refractivity contribution >= 4 is 62.7 Å². The minimum absolute atomic E-state index is 0.112. The Labute approximate surface area is 219 Å². The van der Waals surface area contributed by atoms with Gasteiger partial charge in [0.2, 0.25) is 5.91 Å². The maximum absolute atomic E-state index is 12.7. The van der Waals surface area contributed by atoms with E-state index in [0.29, 0.717) is 27.3 Å². The van der Waals surface area contributed by atoms with Crippen molar-refractivity contribution in [2.45, 2.75) is 26.2 Å². The molecule has 1 aliphatic rings. The predicted octanol–water partition coefficient (Wildman–Crippen LogP) is 6.22. The molecular formula is C27H25N3O2S3. The van der Waals surface area contributed by atoms with Crippen LogP contribution < -0.4 is 5.32 Å². The van der Waals surface area contributed by atoms with Crippen LogP contribution in [-0.4, -0.2) is 32.6 Å². The molecule has 35 heavy (non-hydrogen) atoms. The van der Waals surface area contributed by atoms with Gasteiger partial charge in [0, 0.05) is 30.5 Å². The minimum atomic E-state index is -0.118. The number of thiocarbonyl (C=S) groups is 1. The molecule has 1 aromatic heterocycles. The van der Waals surface area contributed by atoms with E-state index in [1.807, 2.05) is 42.5 Å². The third-order valence-corrected chi connectivity index (χ3v) is 7.60. The Hall–Kier alpha value is -3.07. The summed E-state index contributed by atoms with van der Waals surface area (Å²) in [6.45, 7) is 2.48. The second kappa shape index (κ2) is 12.1. The first-order valence-electron chi connectivity index (χ1n) is 11.2. The first-order valence-corrected chi connectivity index (χ1v) is 13.3. The summed E-state index contributed by atoms with van der Waals surface area (Å²) in [6, 6.07) is 18.3. The van der Waals surface area contributed by atoms with Gasteiger partial charge in [0.1, 0.15) is 4.32 Å². The molecule has 1 saturated heterocycles. The third kappa shape index (κ3) is 7.21. The lowest BCUT2D eigenvalue weighted by molar-refractivity contribution is -0.122. The molecule has 0 saturated carbocycles. The molecule has 0 spiro atoms. The Morgan fingerprint density at radius 1 is 1.14 bits per heavy atom. The molecule has 8 heteroatoms. The fraction of sp³-hybridized carbons (Fsp3) is 0.185. The number of amides is 2. The average molecular weight is 520 g/mol. The second-order valence-electron chi connectivity index (χ2n) is 8.07. The topological polar surface area (TPSA) is 62.3 Å². The quantitative estimate of drug-likeness (QED) is 0.269. The molecule has 178 valence electrons. The van der Waals surface area contributed by atoms with E-state index >= 15 is 0 Å². The lowest BCUT2D eigenvalue weighted by Crippen LogP contribution is -2.29. The van der Waals surface area contributed by atoms with E-state index in [9.17, 15) is 9.59 Å². The van der Waals surface area contributed by atoms with Crippen molar-refractivity contribution < 1.29 is 9.59 Å². The van der Waals surface area contributed by atoms with Crippen LogP contribution in [0.1, 0.15) is 34.4 Å². The van der Waals surface area contributed by atoms with Gasteiger partial charge in [-0.3, -0.25) is 14.5 Å². The second-order valence-corrected chi connectivity index (χ2v) is 10.9. The van der Waals surface area contributed by atoms with Gasteiger partial charge in [-0.1, -0.05) is 96.3 Å². The Kier molecular flexibility index (Phi) is 8.63. The Balaban J connectivity index is 1.22. The van der Waals surface area contributed by atoms with Gasteiger partial charge in [-0.15, -0.1) is 11.3 Å². The molecule has 1 fully saturated rings. The summed E-state index contributed by atoms with van der Waals surface area (Å²) in [5.74, 6) is -0.230. The number of thioether (sulfide) groups is 1. The summed E-state index contributed by atoms with van der Waals surface area (Å²) in [4.78, 5) is 32.7. The van der Waals surface area contributed by atoms with Crippen molar-refractivity contribution in [2.24, 2.45) is 0 Å². The third-order valence-electron chi connectivity index (χ3n) is 5.29. The average Bonchev–Trinajstić information content (AvgIpc) is 3.39. The Morgan fingerprint density at radius 2 is 1.91 bits per heavy atom. The number of hydrogen-bond donors (Lipinski definition) is 1. The van der Waals surface area contributed by atoms with Crippen LogP contribution in [0.2, 0.25) is 0 Å². The van der Waals surface area contributed by atoms with E-state index in [-0.39, 0.29) is 18.2 Å². The van der Waals surface area contributed by atoms with E-state index in [2.05, 4.69) is 41.5 Å². The lowest BCUT2D eigenvalue weighted by atomic mass is 10.1. The molecule has 3 aromatic rings. The van der Waals surface area contributed by atoms with Crippen LogP contribution in [0.15, 0.2) is 77.9 Å². The normalized spacial score (nSPS) is 14.9. The molecule has 0 unspecified atom stereocenters. The van der Waals surface area contributed by atoms with E-state index < -0.39 is 0 Å². The molecule has 1 N–H and O–H groups in total. The zero-order chi connectivity index (χ0) is 24.6. The van der Waals surface area contributed by atoms with Crippen LogP contribution in [0.4, 0.5) is 5.13 Å². The summed E-state index contributed by atoms with van der Waals surface area (Å²) >= 11 is 8.15. The van der Waals surface area contributed by atoms with Crippen LogP contribution in [0.5, 0.6) is 0 Å². The van der Waals surface area contributed by atoms with Crippen LogP contribution in [0, 0.1) is 6.92 Å². The maximum Gasteiger partial charge on any atom is 0.266 e. The number of nitrogens with zero attached hydrogens (tertiary/aromatic N) is 2. The summed E-state index contributed by atoms with van der Waals surface area (Å²) in [5.41, 5.74) is 3.51. The highest BCUT2D eigenvalue weighted by Gasteiger charge is 2.31. The van der Waals surface area contributed by atoms with E-state index in [1.54, 1.807) is 17.2 Å². The number of carbonyl (C=O) groups excluding carboxylic acids is 2. The zero-order valence-corrected chi connectivity index (χ0v) is 21.7. The van der Waals surface area contributed by atoms with Gasteiger partial charge in [0.25, 0.3) is 5.91 Å². The molecule has 2 heterocycles. The number of thiazole rings is 1. The number of hydrogen-bond acceptors (Lipinski definition) is 6. The van der Waals surface area contributed by atoms with Gasteiger partial charge >= 0.3 is 0 Å². The van der Waals surface area contributed by atoms with Crippen molar-refractivity contribution in [3.05, 3.63) is 99.4 Å². The monoisotopic (exact) mass is 519 g/mol. The molecule has 2 amide bonds. The van der Waals surface area contributed by atoms with Gasteiger partial charge in [0.05, 0.1) is 4.91 Å². The molecule has 4 rings (SSSR count). The number of benzene rings is 2. The van der Waals surface area contributed by atoms with Gasteiger partial charge in [-0.25, -0.2) is 4.98 Å². The molecule has 0 bridgehead atoms. The predicted molar refractivity (Wildman–Crippen MR) is 149 cm³/mol. The number of carbonyl (C=O) groups is 2. The maximum atomic E-state index is 12.7. The fourth-order valence-corrected chi connectivity index (χ4v) is 5.57. The van der Waals surface area contributed by atoms with Crippen LogP contribution in [0.3, 0.4) is 0 Å². The van der Waals surface area contributed by atoms with E-state index in [4.69, 9.17) is 12.2 Å². The number of anilines is 1. The van der Waals surface area contributed by atoms with Gasteiger partial charge < -0.3 is 5.32 Å². The van der Waals surface area contributed by atoms with Gasteiger partial charge in [0.15, 0.2) is 5.13 Å². The van der Waals surface area contributed by atoms with E-state index in [1.165, 1.54) is 34.2 Å². The zero-order valence-electron chi connectivity index (χ0n) is 19.3. The van der Waals surface area contributed by atoms with Crippen molar-refractivity contribution in [1.29, 1.82) is 0 Å². The van der Waals surface area contributed by atoms with Crippen LogP contribution in [-0.2, 0) is 16.0 Å².